The van der Waals surface area contributed by atoms with Gasteiger partial charge in [-0.3, -0.25) is 3.97 Å². The predicted molar refractivity (Wildman–Crippen MR) is 77.6 cm³/mol. The van der Waals surface area contributed by atoms with Crippen molar-refractivity contribution < 1.29 is 5.11 Å². The van der Waals surface area contributed by atoms with Crippen molar-refractivity contribution in [2.75, 3.05) is 7.11 Å². The van der Waals surface area contributed by atoms with Crippen molar-refractivity contribution in [3.63, 3.8) is 0 Å². The molecule has 0 amide bonds. The third-order valence-electron chi connectivity index (χ3n) is 1.60. The number of hydrogen-bond acceptors (Lipinski definition) is 3. The molecular formula is C8H7BrClIN2OS. The van der Waals surface area contributed by atoms with Gasteiger partial charge in [-0.1, -0.05) is 11.6 Å². The molecule has 2 heterocycles. The number of pyridine rings is 1. The number of nitrogens with zero attached hydrogens (tertiary/aromatic N) is 2. The standard InChI is InChI=1S/C7H3BrClIN2S.CH4O/c8-6-3-12(13-10)7-5(6)1-4(9)2-11-7;1-2/h1-3H;2H,1H3. The summed E-state index contributed by atoms with van der Waals surface area (Å²) in [6.45, 7) is 0. The van der Waals surface area contributed by atoms with E-state index in [1.54, 1.807) is 15.3 Å². The van der Waals surface area contributed by atoms with Crippen molar-refractivity contribution >= 4 is 68.9 Å². The van der Waals surface area contributed by atoms with Gasteiger partial charge in [0.1, 0.15) is 0 Å². The van der Waals surface area contributed by atoms with Crippen LogP contribution in [0, 0.1) is 0 Å². The van der Waals surface area contributed by atoms with Crippen LogP contribution < -0.4 is 0 Å². The highest BCUT2D eigenvalue weighted by Gasteiger charge is 2.07. The van der Waals surface area contributed by atoms with Gasteiger partial charge < -0.3 is 5.11 Å². The molecule has 0 aliphatic heterocycles. The average Bonchev–Trinajstić information content (AvgIpc) is 2.58. The van der Waals surface area contributed by atoms with Crippen molar-refractivity contribution in [1.29, 1.82) is 0 Å². The van der Waals surface area contributed by atoms with E-state index in [1.165, 1.54) is 0 Å². The molecule has 0 fully saturated rings. The maximum atomic E-state index is 7.00. The van der Waals surface area contributed by atoms with Gasteiger partial charge in [0.05, 0.1) is 5.02 Å². The minimum absolute atomic E-state index is 0.657. The van der Waals surface area contributed by atoms with Crippen molar-refractivity contribution in [3.05, 3.63) is 28.0 Å². The van der Waals surface area contributed by atoms with Gasteiger partial charge in [-0.25, -0.2) is 4.98 Å². The number of rotatable bonds is 1. The van der Waals surface area contributed by atoms with E-state index in [2.05, 4.69) is 42.1 Å². The normalized spacial score (nSPS) is 9.93. The quantitative estimate of drug-likeness (QED) is 0.710. The van der Waals surface area contributed by atoms with Crippen LogP contribution in [0.5, 0.6) is 0 Å². The summed E-state index contributed by atoms with van der Waals surface area (Å²) in [4.78, 5) is 4.25. The second-order valence-electron chi connectivity index (χ2n) is 2.40. The summed E-state index contributed by atoms with van der Waals surface area (Å²) < 4.78 is 3.00. The smallest absolute Gasteiger partial charge is 0.151 e. The Kier molecular flexibility index (Phi) is 5.69. The molecule has 0 aliphatic carbocycles. The van der Waals surface area contributed by atoms with E-state index in [0.29, 0.717) is 5.02 Å². The molecule has 2 aromatic rings. The van der Waals surface area contributed by atoms with Crippen LogP contribution in [0.25, 0.3) is 11.0 Å². The summed E-state index contributed by atoms with van der Waals surface area (Å²) in [7, 11) is 2.58. The molecule has 82 valence electrons. The van der Waals surface area contributed by atoms with E-state index in [9.17, 15) is 0 Å². The van der Waals surface area contributed by atoms with Gasteiger partial charge in [-0.2, -0.15) is 0 Å². The molecule has 2 rings (SSSR count). The predicted octanol–water partition coefficient (Wildman–Crippen LogP) is 3.91. The Morgan fingerprint density at radius 2 is 2.27 bits per heavy atom. The maximum absolute atomic E-state index is 7.00. The summed E-state index contributed by atoms with van der Waals surface area (Å²) in [6.07, 6.45) is 3.63. The number of aromatic nitrogens is 2. The van der Waals surface area contributed by atoms with Gasteiger partial charge in [0.25, 0.3) is 0 Å². The number of aliphatic hydroxyl groups is 1. The lowest BCUT2D eigenvalue weighted by Gasteiger charge is -1.95. The Labute approximate surface area is 117 Å². The zero-order valence-corrected chi connectivity index (χ0v) is 12.9. The van der Waals surface area contributed by atoms with E-state index in [1.807, 2.05) is 16.2 Å². The van der Waals surface area contributed by atoms with E-state index in [4.69, 9.17) is 16.7 Å². The zero-order valence-electron chi connectivity index (χ0n) is 7.62. The summed E-state index contributed by atoms with van der Waals surface area (Å²) >= 11 is 11.5. The Balaban J connectivity index is 0.000000531. The Bertz CT molecular complexity index is 465. The highest BCUT2D eigenvalue weighted by molar-refractivity contribution is 14.2. The minimum atomic E-state index is 0.657. The first-order chi connectivity index (χ1) is 7.22. The van der Waals surface area contributed by atoms with Crippen molar-refractivity contribution in [2.24, 2.45) is 0 Å². The average molecular weight is 421 g/mol. The number of aliphatic hydroxyl groups excluding tert-OH is 1. The van der Waals surface area contributed by atoms with Gasteiger partial charge in [-0.05, 0) is 22.0 Å². The summed E-state index contributed by atoms with van der Waals surface area (Å²) in [6, 6.07) is 1.90. The fraction of sp³-hybridized carbons (Fsp3) is 0.125. The third-order valence-corrected chi connectivity index (χ3v) is 4.14. The first-order valence-corrected chi connectivity index (χ1v) is 8.27. The lowest BCUT2D eigenvalue weighted by molar-refractivity contribution is 0.399. The van der Waals surface area contributed by atoms with Crippen LogP contribution in [0.2, 0.25) is 5.02 Å². The van der Waals surface area contributed by atoms with E-state index < -0.39 is 0 Å². The van der Waals surface area contributed by atoms with Crippen molar-refractivity contribution in [2.45, 2.75) is 0 Å². The molecule has 1 N–H and O–H groups in total. The summed E-state index contributed by atoms with van der Waals surface area (Å²) in [5, 5.41) is 8.70. The molecule has 2 aromatic heterocycles. The fourth-order valence-electron chi connectivity index (χ4n) is 1.07. The number of hydrogen-bond donors (Lipinski definition) is 1. The molecule has 7 heteroatoms. The van der Waals surface area contributed by atoms with Crippen LogP contribution in [-0.2, 0) is 0 Å². The van der Waals surface area contributed by atoms with Crippen LogP contribution >= 0.6 is 57.9 Å². The van der Waals surface area contributed by atoms with Gasteiger partial charge >= 0.3 is 0 Å². The lowest BCUT2D eigenvalue weighted by atomic mass is 10.3. The molecule has 0 aromatic carbocycles. The largest absolute Gasteiger partial charge is 0.400 e. The van der Waals surface area contributed by atoms with Crippen LogP contribution in [0.15, 0.2) is 22.9 Å². The Hall–Kier alpha value is 0.500. The summed E-state index contributed by atoms with van der Waals surface area (Å²) in [5.41, 5.74) is 0.927. The number of halogens is 3. The molecular weight excluding hydrogens is 414 g/mol. The molecule has 0 radical (unpaired) electrons. The monoisotopic (exact) mass is 420 g/mol. The molecule has 0 unspecified atom stereocenters. The molecule has 0 aliphatic rings. The first kappa shape index (κ1) is 13.6. The SMILES string of the molecule is CO.Clc1cnc2c(c1)c(Br)cn2SI. The van der Waals surface area contributed by atoms with Crippen LogP contribution in [0.3, 0.4) is 0 Å². The van der Waals surface area contributed by atoms with E-state index >= 15 is 0 Å². The lowest BCUT2D eigenvalue weighted by Crippen LogP contribution is -1.82. The number of fused-ring (bicyclic) bond motifs is 1. The van der Waals surface area contributed by atoms with Crippen LogP contribution in [0.1, 0.15) is 0 Å². The van der Waals surface area contributed by atoms with Gasteiger partial charge in [0, 0.05) is 59.7 Å². The Morgan fingerprint density at radius 1 is 1.60 bits per heavy atom. The maximum Gasteiger partial charge on any atom is 0.151 e. The van der Waals surface area contributed by atoms with Gasteiger partial charge in [0.2, 0.25) is 0 Å². The molecule has 0 spiro atoms. The third kappa shape index (κ3) is 3.00. The highest BCUT2D eigenvalue weighted by atomic mass is 127. The Morgan fingerprint density at radius 3 is 2.87 bits per heavy atom. The first-order valence-electron chi connectivity index (χ1n) is 3.78. The highest BCUT2D eigenvalue weighted by Crippen LogP contribution is 2.31. The van der Waals surface area contributed by atoms with Crippen molar-refractivity contribution in [3.8, 4) is 0 Å². The van der Waals surface area contributed by atoms with Crippen LogP contribution in [-0.4, -0.2) is 21.2 Å². The fourth-order valence-corrected chi connectivity index (χ4v) is 3.12. The molecule has 15 heavy (non-hydrogen) atoms. The summed E-state index contributed by atoms with van der Waals surface area (Å²) in [5.74, 6) is 0. The minimum Gasteiger partial charge on any atom is -0.400 e. The topological polar surface area (TPSA) is 38.1 Å². The second kappa shape index (κ2) is 6.29. The van der Waals surface area contributed by atoms with E-state index in [0.717, 1.165) is 22.6 Å². The molecule has 0 saturated heterocycles. The van der Waals surface area contributed by atoms with Gasteiger partial charge in [-0.15, -0.1) is 0 Å². The zero-order chi connectivity index (χ0) is 11.4. The van der Waals surface area contributed by atoms with Crippen molar-refractivity contribution in [1.82, 2.24) is 8.96 Å². The second-order valence-corrected chi connectivity index (χ2v) is 5.40. The van der Waals surface area contributed by atoms with Gasteiger partial charge in [0.15, 0.2) is 5.65 Å². The molecule has 3 nitrogen and oxygen atoms in total. The van der Waals surface area contributed by atoms with E-state index in [-0.39, 0.29) is 0 Å². The molecule has 0 bridgehead atoms. The van der Waals surface area contributed by atoms with Crippen LogP contribution in [0.4, 0.5) is 0 Å². The molecule has 0 atom stereocenters. The molecule has 0 saturated carbocycles.